The van der Waals surface area contributed by atoms with Crippen LogP contribution >= 0.6 is 35.6 Å². The van der Waals surface area contributed by atoms with Gasteiger partial charge in [0.05, 0.1) is 12.7 Å². The number of guanidine groups is 1. The summed E-state index contributed by atoms with van der Waals surface area (Å²) in [5.74, 6) is 2.99. The van der Waals surface area contributed by atoms with E-state index < -0.39 is 0 Å². The van der Waals surface area contributed by atoms with E-state index in [0.717, 1.165) is 42.9 Å². The molecule has 2 N–H and O–H groups in total. The van der Waals surface area contributed by atoms with Crippen LogP contribution in [-0.2, 0) is 18.5 Å². The van der Waals surface area contributed by atoms with Crippen molar-refractivity contribution in [2.75, 3.05) is 26.7 Å². The number of likely N-dealkylation sites (tertiary alicyclic amines) is 1. The van der Waals surface area contributed by atoms with Crippen LogP contribution in [0.2, 0.25) is 5.02 Å². The minimum atomic E-state index is -0.0358. The molecule has 1 aromatic heterocycles. The monoisotopic (exact) mass is 559 g/mol. The maximum atomic E-state index is 6.30. The number of benzene rings is 1. The van der Waals surface area contributed by atoms with Crippen LogP contribution in [0, 0.1) is 5.92 Å². The van der Waals surface area contributed by atoms with Crippen molar-refractivity contribution in [3.05, 3.63) is 52.7 Å². The smallest absolute Gasteiger partial charge is 0.213 e. The third kappa shape index (κ3) is 7.95. The number of hydrogen-bond donors (Lipinski definition) is 2. The third-order valence-electron chi connectivity index (χ3n) is 5.54. The van der Waals surface area contributed by atoms with Gasteiger partial charge in [0.1, 0.15) is 5.76 Å². The molecule has 1 saturated heterocycles. The lowest BCUT2D eigenvalue weighted by Crippen LogP contribution is -2.42. The summed E-state index contributed by atoms with van der Waals surface area (Å²) >= 11 is 6.30. The highest BCUT2D eigenvalue weighted by molar-refractivity contribution is 14.0. The molecule has 2 heterocycles. The van der Waals surface area contributed by atoms with Crippen LogP contribution in [-0.4, -0.2) is 42.5 Å². The van der Waals surface area contributed by atoms with Gasteiger partial charge in [-0.2, -0.15) is 0 Å². The van der Waals surface area contributed by atoms with Gasteiger partial charge in [0.25, 0.3) is 0 Å². The summed E-state index contributed by atoms with van der Waals surface area (Å²) in [5, 5.41) is 7.60. The van der Waals surface area contributed by atoms with Gasteiger partial charge in [0.2, 0.25) is 5.89 Å². The Morgan fingerprint density at radius 1 is 1.23 bits per heavy atom. The van der Waals surface area contributed by atoms with Gasteiger partial charge < -0.3 is 15.1 Å². The van der Waals surface area contributed by atoms with Crippen LogP contribution in [0.1, 0.15) is 50.8 Å². The lowest BCUT2D eigenvalue weighted by atomic mass is 9.94. The molecule has 0 unspecified atom stereocenters. The molecule has 0 bridgehead atoms. The Hall–Kier alpha value is -1.32. The van der Waals surface area contributed by atoms with E-state index in [1.165, 1.54) is 18.4 Å². The number of nitrogens with one attached hydrogen (secondary N) is 2. The first-order chi connectivity index (χ1) is 14.3. The quantitative estimate of drug-likeness (QED) is 0.302. The minimum absolute atomic E-state index is 0. The zero-order valence-electron chi connectivity index (χ0n) is 18.9. The number of piperidine rings is 1. The highest BCUT2D eigenvalue weighted by Gasteiger charge is 2.21. The number of halogens is 2. The van der Waals surface area contributed by atoms with Crippen LogP contribution < -0.4 is 10.6 Å². The van der Waals surface area contributed by atoms with Crippen LogP contribution in [0.25, 0.3) is 0 Å². The molecule has 0 aliphatic carbocycles. The number of nitrogens with zero attached hydrogens (tertiary/aromatic N) is 3. The second kappa shape index (κ2) is 12.1. The Labute approximate surface area is 208 Å². The van der Waals surface area contributed by atoms with Gasteiger partial charge in [0, 0.05) is 30.6 Å². The fourth-order valence-corrected chi connectivity index (χ4v) is 3.77. The van der Waals surface area contributed by atoms with Gasteiger partial charge in [0.15, 0.2) is 5.96 Å². The Bertz CT molecular complexity index is 840. The maximum absolute atomic E-state index is 6.30. The van der Waals surface area contributed by atoms with E-state index in [9.17, 15) is 0 Å². The van der Waals surface area contributed by atoms with Crippen LogP contribution in [0.3, 0.4) is 0 Å². The van der Waals surface area contributed by atoms with Gasteiger partial charge in [-0.25, -0.2) is 4.98 Å². The topological polar surface area (TPSA) is 65.7 Å². The number of oxazole rings is 1. The molecule has 0 saturated carbocycles. The zero-order chi connectivity index (χ0) is 21.6. The highest BCUT2D eigenvalue weighted by Crippen LogP contribution is 2.23. The van der Waals surface area contributed by atoms with E-state index in [2.05, 4.69) is 58.4 Å². The summed E-state index contributed by atoms with van der Waals surface area (Å²) in [6.45, 7) is 10.9. The first-order valence-electron chi connectivity index (χ1n) is 10.7. The van der Waals surface area contributed by atoms with Crippen molar-refractivity contribution in [3.8, 4) is 0 Å². The summed E-state index contributed by atoms with van der Waals surface area (Å²) in [4.78, 5) is 11.2. The molecule has 1 aromatic carbocycles. The van der Waals surface area contributed by atoms with Gasteiger partial charge in [-0.1, -0.05) is 50.6 Å². The van der Waals surface area contributed by atoms with E-state index in [0.29, 0.717) is 18.4 Å². The van der Waals surface area contributed by atoms with Crippen molar-refractivity contribution < 1.29 is 4.42 Å². The molecule has 3 rings (SSSR count). The fourth-order valence-electron chi connectivity index (χ4n) is 3.58. The molecule has 2 aromatic rings. The Morgan fingerprint density at radius 2 is 1.94 bits per heavy atom. The van der Waals surface area contributed by atoms with Crippen molar-refractivity contribution in [1.82, 2.24) is 20.5 Å². The van der Waals surface area contributed by atoms with Crippen LogP contribution in [0.4, 0.5) is 0 Å². The Morgan fingerprint density at radius 3 is 2.55 bits per heavy atom. The van der Waals surface area contributed by atoms with Gasteiger partial charge >= 0.3 is 0 Å². The van der Waals surface area contributed by atoms with E-state index in [1.807, 2.05) is 18.3 Å². The van der Waals surface area contributed by atoms with Crippen molar-refractivity contribution >= 4 is 41.5 Å². The summed E-state index contributed by atoms with van der Waals surface area (Å²) in [6.07, 6.45) is 4.15. The largest absolute Gasteiger partial charge is 0.443 e. The summed E-state index contributed by atoms with van der Waals surface area (Å²) in [5.41, 5.74) is 1.17. The molecule has 0 radical (unpaired) electrons. The predicted octanol–water partition coefficient (Wildman–Crippen LogP) is 4.82. The standard InChI is InChI=1S/C23H34ClN5O.HI/c1-23(2,3)20-14-26-21(30-20)15-28-22(25-4)27-13-17-9-11-29(12-10-17)16-18-7-5-6-8-19(18)24;/h5-8,14,17H,9-13,15-16H2,1-4H3,(H2,25,27,28);1H. The third-order valence-corrected chi connectivity index (χ3v) is 5.91. The summed E-state index contributed by atoms with van der Waals surface area (Å²) < 4.78 is 5.84. The lowest BCUT2D eigenvalue weighted by Gasteiger charge is -2.32. The summed E-state index contributed by atoms with van der Waals surface area (Å²) in [6, 6.07) is 8.12. The summed E-state index contributed by atoms with van der Waals surface area (Å²) in [7, 11) is 1.79. The number of rotatable bonds is 6. The molecule has 6 nitrogen and oxygen atoms in total. The second-order valence-corrected chi connectivity index (χ2v) is 9.39. The molecule has 1 aliphatic rings. The molecular formula is C23H35ClIN5O. The molecule has 31 heavy (non-hydrogen) atoms. The highest BCUT2D eigenvalue weighted by atomic mass is 127. The van der Waals surface area contributed by atoms with Gasteiger partial charge in [-0.3, -0.25) is 9.89 Å². The van der Waals surface area contributed by atoms with E-state index in [1.54, 1.807) is 7.05 Å². The van der Waals surface area contributed by atoms with Crippen LogP contribution in [0.15, 0.2) is 39.9 Å². The molecule has 0 amide bonds. The normalized spacial score (nSPS) is 16.1. The van der Waals surface area contributed by atoms with Gasteiger partial charge in [-0.05, 0) is 43.5 Å². The predicted molar refractivity (Wildman–Crippen MR) is 138 cm³/mol. The van der Waals surface area contributed by atoms with E-state index >= 15 is 0 Å². The SMILES string of the molecule is CN=C(NCc1ncc(C(C)(C)C)o1)NCC1CCN(Cc2ccccc2Cl)CC1.I. The first kappa shape index (κ1) is 25.9. The second-order valence-electron chi connectivity index (χ2n) is 8.99. The van der Waals surface area contributed by atoms with E-state index in [-0.39, 0.29) is 29.4 Å². The Kier molecular flexibility index (Phi) is 10.1. The van der Waals surface area contributed by atoms with Crippen LogP contribution in [0.5, 0.6) is 0 Å². The number of aromatic nitrogens is 1. The average molecular weight is 560 g/mol. The van der Waals surface area contributed by atoms with Crippen molar-refractivity contribution in [3.63, 3.8) is 0 Å². The van der Waals surface area contributed by atoms with E-state index in [4.69, 9.17) is 16.0 Å². The van der Waals surface area contributed by atoms with Crippen molar-refractivity contribution in [2.24, 2.45) is 10.9 Å². The number of aliphatic imine (C=N–C) groups is 1. The molecule has 0 atom stereocenters. The van der Waals surface area contributed by atoms with Gasteiger partial charge in [-0.15, -0.1) is 24.0 Å². The lowest BCUT2D eigenvalue weighted by molar-refractivity contribution is 0.178. The first-order valence-corrected chi connectivity index (χ1v) is 11.1. The molecule has 8 heteroatoms. The number of hydrogen-bond acceptors (Lipinski definition) is 4. The molecule has 1 fully saturated rings. The molecule has 172 valence electrons. The Balaban J connectivity index is 0.00000341. The molecule has 1 aliphatic heterocycles. The van der Waals surface area contributed by atoms with Crippen molar-refractivity contribution in [2.45, 2.75) is 52.1 Å². The zero-order valence-corrected chi connectivity index (χ0v) is 22.0. The van der Waals surface area contributed by atoms with Crippen molar-refractivity contribution in [1.29, 1.82) is 0 Å². The minimum Gasteiger partial charge on any atom is -0.443 e. The molecule has 0 spiro atoms. The maximum Gasteiger partial charge on any atom is 0.213 e. The fraction of sp³-hybridized carbons (Fsp3) is 0.565. The molecular weight excluding hydrogens is 525 g/mol. The average Bonchev–Trinajstić information content (AvgIpc) is 3.21.